The highest BCUT2D eigenvalue weighted by atomic mass is 16.4. The molecular formula is C6H8N6O2. The van der Waals surface area contributed by atoms with E-state index in [1.165, 1.54) is 12.5 Å². The van der Waals surface area contributed by atoms with Crippen LogP contribution in [0.1, 0.15) is 5.69 Å². The number of carbonyl (C=O) groups is 1. The van der Waals surface area contributed by atoms with Crippen molar-refractivity contribution in [1.82, 2.24) is 9.66 Å². The van der Waals surface area contributed by atoms with Crippen LogP contribution in [0, 0.1) is 0 Å². The van der Waals surface area contributed by atoms with Gasteiger partial charge in [0.05, 0.1) is 5.69 Å². The molecule has 0 spiro atoms. The fraction of sp³-hybridized carbons (Fsp3) is 0.333. The van der Waals surface area contributed by atoms with Crippen molar-refractivity contribution in [1.29, 1.82) is 0 Å². The van der Waals surface area contributed by atoms with Crippen LogP contribution in [0.25, 0.3) is 10.4 Å². The molecule has 1 rings (SSSR count). The Hall–Kier alpha value is -2.05. The molecule has 3 N–H and O–H groups in total. The van der Waals surface area contributed by atoms with E-state index in [1.807, 2.05) is 0 Å². The van der Waals surface area contributed by atoms with E-state index in [1.54, 1.807) is 0 Å². The van der Waals surface area contributed by atoms with Gasteiger partial charge in [-0.2, -0.15) is 9.59 Å². The Balaban J connectivity index is 2.68. The molecule has 0 unspecified atom stereocenters. The normalized spacial score (nSPS) is 11.8. The Labute approximate surface area is 78.6 Å². The highest BCUT2D eigenvalue weighted by Crippen LogP contribution is 1.99. The van der Waals surface area contributed by atoms with E-state index in [0.717, 1.165) is 4.68 Å². The monoisotopic (exact) mass is 196 g/mol. The fourth-order valence-electron chi connectivity index (χ4n) is 0.866. The van der Waals surface area contributed by atoms with Crippen molar-refractivity contribution in [3.63, 3.8) is 0 Å². The van der Waals surface area contributed by atoms with Crippen LogP contribution in [0.2, 0.25) is 0 Å². The largest absolute Gasteiger partial charge is 0.480 e. The van der Waals surface area contributed by atoms with Crippen molar-refractivity contribution in [3.05, 3.63) is 28.7 Å². The topological polar surface area (TPSA) is 130 Å². The number of hydrogen-bond acceptors (Lipinski definition) is 4. The second-order valence-corrected chi connectivity index (χ2v) is 2.57. The van der Waals surface area contributed by atoms with Gasteiger partial charge < -0.3 is 10.8 Å². The second kappa shape index (κ2) is 4.26. The molecule has 0 fully saturated rings. The lowest BCUT2D eigenvalue weighted by Crippen LogP contribution is -2.32. The summed E-state index contributed by atoms with van der Waals surface area (Å²) < 4.78 is 1.14. The number of azide groups is 1. The van der Waals surface area contributed by atoms with Crippen LogP contribution >= 0.6 is 0 Å². The number of rotatable bonds is 4. The lowest BCUT2D eigenvalue weighted by atomic mass is 10.2. The second-order valence-electron chi connectivity index (χ2n) is 2.57. The molecule has 0 aliphatic rings. The third kappa shape index (κ3) is 2.47. The standard InChI is InChI=1S/C6H8N6O2/c7-5(6(13)14)1-4-2-12(3-9-4)11-10-8/h2-3,5H,1,7H2,(H,13,14)/t5-/m0/s1. The van der Waals surface area contributed by atoms with Crippen LogP contribution in [0.5, 0.6) is 0 Å². The molecule has 0 saturated carbocycles. The van der Waals surface area contributed by atoms with Gasteiger partial charge in [-0.05, 0) is 5.22 Å². The minimum absolute atomic E-state index is 0.100. The first-order valence-corrected chi connectivity index (χ1v) is 3.70. The molecule has 0 aromatic carbocycles. The first-order valence-electron chi connectivity index (χ1n) is 3.70. The van der Waals surface area contributed by atoms with E-state index >= 15 is 0 Å². The molecule has 14 heavy (non-hydrogen) atoms. The van der Waals surface area contributed by atoms with Crippen molar-refractivity contribution in [2.24, 2.45) is 11.0 Å². The molecule has 0 saturated heterocycles. The summed E-state index contributed by atoms with van der Waals surface area (Å²) in [5.41, 5.74) is 13.8. The van der Waals surface area contributed by atoms with Gasteiger partial charge in [-0.3, -0.25) is 4.79 Å². The molecule has 8 nitrogen and oxygen atoms in total. The molecule has 0 aliphatic heterocycles. The summed E-state index contributed by atoms with van der Waals surface area (Å²) in [6, 6.07) is -0.996. The number of nitrogens with two attached hydrogens (primary N) is 1. The van der Waals surface area contributed by atoms with Gasteiger partial charge in [0, 0.05) is 6.42 Å². The fourth-order valence-corrected chi connectivity index (χ4v) is 0.866. The number of carboxylic acids is 1. The van der Waals surface area contributed by atoms with Crippen molar-refractivity contribution < 1.29 is 9.90 Å². The Bertz CT molecular complexity index is 379. The van der Waals surface area contributed by atoms with Gasteiger partial charge in [-0.1, -0.05) is 0 Å². The van der Waals surface area contributed by atoms with Gasteiger partial charge in [-0.15, -0.1) is 5.53 Å². The molecule has 1 aromatic heterocycles. The quantitative estimate of drug-likeness (QED) is 0.395. The molecule has 0 bridgehead atoms. The third-order valence-corrected chi connectivity index (χ3v) is 1.51. The molecule has 0 radical (unpaired) electrons. The van der Waals surface area contributed by atoms with Gasteiger partial charge >= 0.3 is 5.97 Å². The highest BCUT2D eigenvalue weighted by molar-refractivity contribution is 5.73. The van der Waals surface area contributed by atoms with Crippen LogP contribution in [0.15, 0.2) is 17.7 Å². The van der Waals surface area contributed by atoms with Crippen LogP contribution < -0.4 is 5.73 Å². The van der Waals surface area contributed by atoms with E-state index in [2.05, 4.69) is 15.1 Å². The average molecular weight is 196 g/mol. The predicted octanol–water partition coefficient (Wildman–Crippen LogP) is -0.0891. The SMILES string of the molecule is [N-]=[N+]=Nn1cnc(C[C@H](N)C(=O)O)c1. The molecule has 8 heteroatoms. The first kappa shape index (κ1) is 10.0. The number of hydrogen-bond donors (Lipinski definition) is 2. The molecule has 74 valence electrons. The van der Waals surface area contributed by atoms with E-state index in [0.29, 0.717) is 5.69 Å². The van der Waals surface area contributed by atoms with Gasteiger partial charge in [0.15, 0.2) is 6.33 Å². The van der Waals surface area contributed by atoms with Gasteiger partial charge in [0.1, 0.15) is 12.2 Å². The highest BCUT2D eigenvalue weighted by Gasteiger charge is 2.14. The van der Waals surface area contributed by atoms with E-state index in [-0.39, 0.29) is 6.42 Å². The lowest BCUT2D eigenvalue weighted by molar-refractivity contribution is -0.138. The Morgan fingerprint density at radius 1 is 1.93 bits per heavy atom. The van der Waals surface area contributed by atoms with Gasteiger partial charge in [0.25, 0.3) is 0 Å². The molecule has 1 heterocycles. The Kier molecular flexibility index (Phi) is 3.05. The molecule has 1 aromatic rings. The zero-order chi connectivity index (χ0) is 10.6. The molecule has 0 aliphatic carbocycles. The van der Waals surface area contributed by atoms with Crippen LogP contribution in [-0.4, -0.2) is 26.8 Å². The Morgan fingerprint density at radius 3 is 3.21 bits per heavy atom. The summed E-state index contributed by atoms with van der Waals surface area (Å²) in [5, 5.41) is 11.7. The number of aromatic nitrogens is 2. The summed E-state index contributed by atoms with van der Waals surface area (Å²) in [6.45, 7) is 0. The Morgan fingerprint density at radius 2 is 2.64 bits per heavy atom. The minimum Gasteiger partial charge on any atom is -0.480 e. The molecular weight excluding hydrogens is 188 g/mol. The van der Waals surface area contributed by atoms with Crippen molar-refractivity contribution >= 4 is 5.97 Å². The number of nitrogens with zero attached hydrogens (tertiary/aromatic N) is 5. The molecule has 0 amide bonds. The van der Waals surface area contributed by atoms with Crippen molar-refractivity contribution in [2.45, 2.75) is 12.5 Å². The lowest BCUT2D eigenvalue weighted by Gasteiger charge is -2.00. The van der Waals surface area contributed by atoms with Crippen LogP contribution in [-0.2, 0) is 11.2 Å². The van der Waals surface area contributed by atoms with Gasteiger partial charge in [0.2, 0.25) is 0 Å². The maximum Gasteiger partial charge on any atom is 0.320 e. The van der Waals surface area contributed by atoms with Crippen LogP contribution in [0.3, 0.4) is 0 Å². The summed E-state index contributed by atoms with van der Waals surface area (Å²) in [4.78, 5) is 16.7. The van der Waals surface area contributed by atoms with E-state index < -0.39 is 12.0 Å². The number of aliphatic carboxylic acids is 1. The van der Waals surface area contributed by atoms with Crippen molar-refractivity contribution in [2.75, 3.05) is 0 Å². The number of imidazole rings is 1. The zero-order valence-corrected chi connectivity index (χ0v) is 7.11. The summed E-state index contributed by atoms with van der Waals surface area (Å²) >= 11 is 0. The summed E-state index contributed by atoms with van der Waals surface area (Å²) in [6.07, 6.45) is 2.80. The predicted molar refractivity (Wildman–Crippen MR) is 46.1 cm³/mol. The number of carboxylic acid groups (broad SMARTS) is 1. The minimum atomic E-state index is -1.09. The molecule has 1 atom stereocenters. The maximum absolute atomic E-state index is 10.4. The van der Waals surface area contributed by atoms with E-state index in [9.17, 15) is 4.79 Å². The van der Waals surface area contributed by atoms with Crippen LogP contribution in [0.4, 0.5) is 0 Å². The summed E-state index contributed by atoms with van der Waals surface area (Å²) in [5.74, 6) is -1.09. The average Bonchev–Trinajstić information content (AvgIpc) is 2.53. The van der Waals surface area contributed by atoms with Crippen molar-refractivity contribution in [3.8, 4) is 0 Å². The van der Waals surface area contributed by atoms with E-state index in [4.69, 9.17) is 16.4 Å². The third-order valence-electron chi connectivity index (χ3n) is 1.51. The zero-order valence-electron chi connectivity index (χ0n) is 7.11. The smallest absolute Gasteiger partial charge is 0.320 e. The summed E-state index contributed by atoms with van der Waals surface area (Å²) in [7, 11) is 0. The van der Waals surface area contributed by atoms with Gasteiger partial charge in [-0.25, -0.2) is 4.98 Å². The first-order chi connectivity index (χ1) is 6.63. The maximum atomic E-state index is 10.4.